The number of carbonyl (C=O) groups excluding carboxylic acids is 2. The van der Waals surface area contributed by atoms with Gasteiger partial charge >= 0.3 is 27.6 Å². The summed E-state index contributed by atoms with van der Waals surface area (Å²) in [5.41, 5.74) is 0. The number of aliphatic hydroxyl groups excluding tert-OH is 2. The van der Waals surface area contributed by atoms with Crippen molar-refractivity contribution in [3.8, 4) is 0 Å². The van der Waals surface area contributed by atoms with E-state index in [1.165, 1.54) is 38.5 Å². The second-order valence-electron chi connectivity index (χ2n) is 15.2. The van der Waals surface area contributed by atoms with Gasteiger partial charge in [0.1, 0.15) is 12.7 Å². The number of ether oxygens (including phenoxy) is 2. The van der Waals surface area contributed by atoms with Gasteiger partial charge in [0.05, 0.1) is 25.9 Å². The maximum Gasteiger partial charge on any atom is 0.472 e. The maximum atomic E-state index is 12.7. The van der Waals surface area contributed by atoms with Gasteiger partial charge in [0.25, 0.3) is 0 Å². The highest BCUT2D eigenvalue weighted by molar-refractivity contribution is 7.47. The third-order valence-corrected chi connectivity index (χ3v) is 10.6. The minimum atomic E-state index is -4.88. The number of carbonyl (C=O) groups is 2. The number of esters is 2. The molecule has 0 fully saturated rings. The van der Waals surface area contributed by atoms with Crippen molar-refractivity contribution in [3.63, 3.8) is 0 Å². The zero-order valence-electron chi connectivity index (χ0n) is 37.6. The summed E-state index contributed by atoms with van der Waals surface area (Å²) < 4.78 is 47.7. The van der Waals surface area contributed by atoms with Gasteiger partial charge in [-0.1, -0.05) is 145 Å². The van der Waals surface area contributed by atoms with Crippen molar-refractivity contribution in [3.05, 3.63) is 72.9 Å². The molecule has 0 aliphatic carbocycles. The monoisotopic (exact) mass is 919 g/mol. The number of allylic oxidation sites excluding steroid dienone is 10. The minimum Gasteiger partial charge on any atom is -0.462 e. The molecule has 5 N–H and O–H groups in total. The summed E-state index contributed by atoms with van der Waals surface area (Å²) in [5.74, 6) is -1.17. The molecule has 0 aromatic heterocycles. The topological polar surface area (TPSA) is 216 Å². The predicted octanol–water partition coefficient (Wildman–Crippen LogP) is 10.8. The van der Waals surface area contributed by atoms with Crippen LogP contribution in [0.4, 0.5) is 0 Å². The van der Waals surface area contributed by atoms with E-state index in [4.69, 9.17) is 23.8 Å². The van der Waals surface area contributed by atoms with Crippen LogP contribution in [-0.2, 0) is 41.8 Å². The third-order valence-electron chi connectivity index (χ3n) is 9.14. The predicted molar refractivity (Wildman–Crippen MR) is 245 cm³/mol. The van der Waals surface area contributed by atoms with Crippen LogP contribution in [0.5, 0.6) is 0 Å². The quantitative estimate of drug-likeness (QED) is 0.0127. The van der Waals surface area contributed by atoms with E-state index in [0.29, 0.717) is 25.7 Å². The molecule has 0 saturated carbocycles. The van der Waals surface area contributed by atoms with Crippen LogP contribution in [0.3, 0.4) is 0 Å². The van der Waals surface area contributed by atoms with Gasteiger partial charge in [-0.25, -0.2) is 9.13 Å². The smallest absolute Gasteiger partial charge is 0.462 e. The lowest BCUT2D eigenvalue weighted by molar-refractivity contribution is -0.161. The average Bonchev–Trinajstić information content (AvgIpc) is 3.23. The molecule has 0 radical (unpaired) electrons. The normalized spacial score (nSPS) is 15.1. The standard InChI is InChI=1S/C46H80O14P2/c1-3-5-7-9-11-13-14-15-16-17-18-19-20-22-24-28-32-36-45(49)56-40-44(41-59-62(54,55)58-39-43(48)38-57-61(51,52)53)60-46(50)37-33-29-25-27-31-35-42(47)34-30-26-23-21-12-10-8-6-4-2/h11-13,15-16,21,25-27,30-31,35,42-44,47-48H,3-10,14,17-20,22-24,28-29,32-34,36-41H2,1-2H3,(H,54,55)(H2,51,52,53)/b13-11-,16-15-,21-12-,27-25+,30-26-,35-31-/t42?,43-,44+/m0/s1. The Morgan fingerprint density at radius 2 is 1.03 bits per heavy atom. The van der Waals surface area contributed by atoms with Gasteiger partial charge < -0.3 is 34.4 Å². The van der Waals surface area contributed by atoms with E-state index in [9.17, 15) is 33.8 Å². The van der Waals surface area contributed by atoms with Crippen molar-refractivity contribution < 1.29 is 66.7 Å². The fraction of sp³-hybridized carbons (Fsp3) is 0.696. The molecule has 0 saturated heterocycles. The van der Waals surface area contributed by atoms with E-state index in [-0.39, 0.29) is 12.8 Å². The number of phosphoric ester groups is 2. The molecule has 358 valence electrons. The summed E-state index contributed by atoms with van der Waals surface area (Å²) >= 11 is 0. The van der Waals surface area contributed by atoms with Crippen molar-refractivity contribution in [1.29, 1.82) is 0 Å². The molecule has 0 spiro atoms. The average molecular weight is 919 g/mol. The number of unbranched alkanes of at least 4 members (excludes halogenated alkanes) is 14. The molecule has 0 heterocycles. The van der Waals surface area contributed by atoms with Crippen LogP contribution in [0.15, 0.2) is 72.9 Å². The van der Waals surface area contributed by atoms with Crippen LogP contribution in [0.2, 0.25) is 0 Å². The van der Waals surface area contributed by atoms with E-state index < -0.39 is 72.3 Å². The SMILES string of the molecule is CCCCC/C=C\C/C=C\CCCCCCCCCC(=O)OC[C@H](COP(=O)(O)OC[C@@H](O)COP(=O)(O)O)OC(=O)CCC/C=C/C=C\C(O)C/C=C\C/C=C\CCCCC. The number of aliphatic hydroxyl groups is 2. The van der Waals surface area contributed by atoms with Gasteiger partial charge in [0.2, 0.25) is 0 Å². The molecule has 0 amide bonds. The van der Waals surface area contributed by atoms with Crippen LogP contribution >= 0.6 is 15.6 Å². The van der Waals surface area contributed by atoms with Crippen LogP contribution in [0.1, 0.15) is 162 Å². The van der Waals surface area contributed by atoms with E-state index in [1.54, 1.807) is 18.2 Å². The van der Waals surface area contributed by atoms with Crippen molar-refractivity contribution in [2.24, 2.45) is 0 Å². The molecular formula is C46H80O14P2. The summed E-state index contributed by atoms with van der Waals surface area (Å²) in [6, 6.07) is 0. The summed E-state index contributed by atoms with van der Waals surface area (Å²) in [6.07, 6.45) is 42.0. The first-order valence-electron chi connectivity index (χ1n) is 22.7. The molecule has 0 aliphatic heterocycles. The molecule has 2 unspecified atom stereocenters. The molecule has 0 aliphatic rings. The molecule has 0 aromatic rings. The summed E-state index contributed by atoms with van der Waals surface area (Å²) in [4.78, 5) is 52.7. The first kappa shape index (κ1) is 59.5. The van der Waals surface area contributed by atoms with Gasteiger partial charge in [0.15, 0.2) is 6.10 Å². The second kappa shape index (κ2) is 41.2. The Morgan fingerprint density at radius 1 is 0.532 bits per heavy atom. The maximum absolute atomic E-state index is 12.7. The lowest BCUT2D eigenvalue weighted by atomic mass is 10.1. The Bertz CT molecular complexity index is 1390. The molecular weight excluding hydrogens is 838 g/mol. The van der Waals surface area contributed by atoms with Gasteiger partial charge in [-0.05, 0) is 77.0 Å². The first-order chi connectivity index (χ1) is 29.8. The molecule has 0 rings (SSSR count). The Morgan fingerprint density at radius 3 is 1.63 bits per heavy atom. The van der Waals surface area contributed by atoms with E-state index in [0.717, 1.165) is 70.6 Å². The van der Waals surface area contributed by atoms with Crippen molar-refractivity contribution in [2.45, 2.75) is 180 Å². The highest BCUT2D eigenvalue weighted by Crippen LogP contribution is 2.43. The van der Waals surface area contributed by atoms with Gasteiger partial charge in [-0.2, -0.15) is 0 Å². The Kier molecular flexibility index (Phi) is 39.6. The summed E-state index contributed by atoms with van der Waals surface area (Å²) in [5, 5.41) is 19.9. The molecule has 4 atom stereocenters. The highest BCUT2D eigenvalue weighted by atomic mass is 31.2. The van der Waals surface area contributed by atoms with Crippen molar-refractivity contribution in [1.82, 2.24) is 0 Å². The zero-order valence-corrected chi connectivity index (χ0v) is 39.3. The highest BCUT2D eigenvalue weighted by Gasteiger charge is 2.28. The summed E-state index contributed by atoms with van der Waals surface area (Å²) in [7, 11) is -9.73. The molecule has 14 nitrogen and oxygen atoms in total. The minimum absolute atomic E-state index is 0.00836. The third kappa shape index (κ3) is 44.1. The van der Waals surface area contributed by atoms with Crippen LogP contribution in [0, 0.1) is 0 Å². The lowest BCUT2D eigenvalue weighted by Crippen LogP contribution is -2.29. The van der Waals surface area contributed by atoms with Crippen molar-refractivity contribution >= 4 is 27.6 Å². The number of hydrogen-bond acceptors (Lipinski definition) is 11. The zero-order chi connectivity index (χ0) is 46.0. The van der Waals surface area contributed by atoms with Crippen LogP contribution in [0.25, 0.3) is 0 Å². The van der Waals surface area contributed by atoms with E-state index in [1.807, 2.05) is 18.2 Å². The molecule has 16 heteroatoms. The first-order valence-corrected chi connectivity index (χ1v) is 25.8. The Hall–Kier alpha value is -2.48. The van der Waals surface area contributed by atoms with Crippen molar-refractivity contribution in [2.75, 3.05) is 26.4 Å². The van der Waals surface area contributed by atoms with Crippen LogP contribution < -0.4 is 0 Å². The van der Waals surface area contributed by atoms with E-state index >= 15 is 0 Å². The molecule has 0 bridgehead atoms. The second-order valence-corrected chi connectivity index (χ2v) is 17.9. The van der Waals surface area contributed by atoms with Gasteiger partial charge in [0, 0.05) is 12.8 Å². The molecule has 62 heavy (non-hydrogen) atoms. The Balaban J connectivity index is 4.69. The Labute approximate surface area is 372 Å². The van der Waals surface area contributed by atoms with Crippen LogP contribution in [-0.4, -0.2) is 81.6 Å². The number of phosphoric acid groups is 2. The van der Waals surface area contributed by atoms with Gasteiger partial charge in [-0.3, -0.25) is 23.2 Å². The fourth-order valence-electron chi connectivity index (χ4n) is 5.63. The number of hydrogen-bond donors (Lipinski definition) is 5. The molecule has 0 aromatic carbocycles. The van der Waals surface area contributed by atoms with E-state index in [2.05, 4.69) is 59.4 Å². The fourth-order valence-corrected chi connectivity index (χ4v) is 6.78. The lowest BCUT2D eigenvalue weighted by Gasteiger charge is -2.20. The number of rotatable bonds is 42. The largest absolute Gasteiger partial charge is 0.472 e. The summed E-state index contributed by atoms with van der Waals surface area (Å²) in [6.45, 7) is 1.53. The van der Waals surface area contributed by atoms with Gasteiger partial charge in [-0.15, -0.1) is 0 Å².